The summed E-state index contributed by atoms with van der Waals surface area (Å²) in [6.45, 7) is 4.10. The minimum Gasteiger partial charge on any atom is -0.339 e. The Balaban J connectivity index is 1.60. The highest BCUT2D eigenvalue weighted by Crippen LogP contribution is 2.18. The van der Waals surface area contributed by atoms with Crippen molar-refractivity contribution >= 4 is 23.2 Å². The van der Waals surface area contributed by atoms with Crippen LogP contribution >= 0.6 is 0 Å². The topological polar surface area (TPSA) is 66.9 Å². The second-order valence-electron chi connectivity index (χ2n) is 6.08. The lowest BCUT2D eigenvalue weighted by Gasteiger charge is -2.08. The van der Waals surface area contributed by atoms with Gasteiger partial charge in [-0.25, -0.2) is 4.39 Å². The summed E-state index contributed by atoms with van der Waals surface area (Å²) in [6, 6.07) is 15.4. The second-order valence-corrected chi connectivity index (χ2v) is 6.08. The van der Waals surface area contributed by atoms with E-state index >= 15 is 0 Å². The molecule has 0 aliphatic carbocycles. The highest BCUT2D eigenvalue weighted by atomic mass is 19.1. The number of rotatable bonds is 5. The Kier molecular flexibility index (Phi) is 5.22. The van der Waals surface area contributed by atoms with E-state index in [1.165, 1.54) is 23.3 Å². The van der Waals surface area contributed by atoms with Crippen LogP contribution in [0.3, 0.4) is 0 Å². The van der Waals surface area contributed by atoms with Crippen molar-refractivity contribution < 1.29 is 9.18 Å². The molecule has 132 valence electrons. The first-order valence-electron chi connectivity index (χ1n) is 8.22. The van der Waals surface area contributed by atoms with Crippen LogP contribution in [0.25, 0.3) is 0 Å². The van der Waals surface area contributed by atoms with Gasteiger partial charge >= 0.3 is 0 Å². The number of carbonyl (C=O) groups is 1. The zero-order chi connectivity index (χ0) is 18.5. The average molecular weight is 350 g/mol. The molecule has 1 heterocycles. The van der Waals surface area contributed by atoms with E-state index in [0.717, 1.165) is 5.69 Å². The number of nitrogens with zero attached hydrogens (tertiary/aromatic N) is 2. The van der Waals surface area contributed by atoms with Crippen molar-refractivity contribution in [1.29, 1.82) is 0 Å². The predicted octanol–water partition coefficient (Wildman–Crippen LogP) is 4.16. The molecule has 3 aromatic rings. The largest absolute Gasteiger partial charge is 0.339 e. The van der Waals surface area contributed by atoms with Gasteiger partial charge in [-0.1, -0.05) is 18.2 Å². The van der Waals surface area contributed by atoms with Gasteiger partial charge in [-0.15, -0.1) is 10.2 Å². The number of anilines is 3. The number of hydrogen-bond acceptors (Lipinski definition) is 4. The monoisotopic (exact) mass is 350 g/mol. The van der Waals surface area contributed by atoms with Gasteiger partial charge in [-0.05, 0) is 66.9 Å². The number of nitrogens with one attached hydrogen (secondary N) is 2. The molecule has 0 radical (unpaired) electrons. The van der Waals surface area contributed by atoms with Crippen LogP contribution in [0.1, 0.15) is 16.7 Å². The molecule has 3 rings (SSSR count). The molecule has 0 fully saturated rings. The van der Waals surface area contributed by atoms with Crippen LogP contribution in [0.15, 0.2) is 54.6 Å². The first-order chi connectivity index (χ1) is 12.5. The molecule has 0 saturated heterocycles. The molecular formula is C20H19FN4O. The third-order valence-electron chi connectivity index (χ3n) is 3.97. The van der Waals surface area contributed by atoms with E-state index in [9.17, 15) is 9.18 Å². The smallest absolute Gasteiger partial charge is 0.229 e. The lowest BCUT2D eigenvalue weighted by Crippen LogP contribution is -2.15. The van der Waals surface area contributed by atoms with Crippen LogP contribution in [-0.2, 0) is 11.2 Å². The molecule has 0 atom stereocenters. The quantitative estimate of drug-likeness (QED) is 0.725. The normalized spacial score (nSPS) is 10.4. The molecular weight excluding hydrogens is 331 g/mol. The van der Waals surface area contributed by atoms with Crippen LogP contribution in [0.4, 0.5) is 21.7 Å². The van der Waals surface area contributed by atoms with E-state index in [2.05, 4.69) is 27.8 Å². The van der Waals surface area contributed by atoms with Gasteiger partial charge in [0.05, 0.1) is 6.42 Å². The molecule has 0 bridgehead atoms. The Morgan fingerprint density at radius 3 is 2.42 bits per heavy atom. The van der Waals surface area contributed by atoms with Gasteiger partial charge in [0.1, 0.15) is 5.82 Å². The minimum atomic E-state index is -0.364. The van der Waals surface area contributed by atoms with Crippen LogP contribution in [0, 0.1) is 19.7 Å². The molecule has 2 N–H and O–H groups in total. The molecule has 0 saturated carbocycles. The maximum Gasteiger partial charge on any atom is 0.229 e. The molecule has 0 spiro atoms. The molecule has 2 aromatic carbocycles. The van der Waals surface area contributed by atoms with Gasteiger partial charge in [0.15, 0.2) is 11.6 Å². The average Bonchev–Trinajstić information content (AvgIpc) is 2.60. The maximum atomic E-state index is 13.2. The SMILES string of the molecule is Cc1ccc(Nc2ccc(NC(=O)Cc3cccc(F)c3)nn2)cc1C. The van der Waals surface area contributed by atoms with E-state index in [4.69, 9.17) is 0 Å². The first-order valence-corrected chi connectivity index (χ1v) is 8.22. The van der Waals surface area contributed by atoms with E-state index < -0.39 is 0 Å². The van der Waals surface area contributed by atoms with Gasteiger partial charge in [-0.3, -0.25) is 4.79 Å². The van der Waals surface area contributed by atoms with Crippen LogP contribution in [0.2, 0.25) is 0 Å². The van der Waals surface area contributed by atoms with Crippen molar-refractivity contribution in [2.24, 2.45) is 0 Å². The number of halogens is 1. The van der Waals surface area contributed by atoms with Crippen LogP contribution in [0.5, 0.6) is 0 Å². The van der Waals surface area contributed by atoms with E-state index in [-0.39, 0.29) is 18.1 Å². The lowest BCUT2D eigenvalue weighted by atomic mass is 10.1. The Hall–Kier alpha value is -3.28. The molecule has 26 heavy (non-hydrogen) atoms. The molecule has 0 aliphatic rings. The standard InChI is InChI=1S/C20H19FN4O/c1-13-6-7-17(10-14(13)2)22-18-8-9-19(25-24-18)23-20(26)12-15-4-3-5-16(21)11-15/h3-11H,12H2,1-2H3,(H,22,24)(H,23,25,26). The molecule has 0 aliphatic heterocycles. The van der Waals surface area contributed by atoms with Crippen molar-refractivity contribution in [3.63, 3.8) is 0 Å². The summed E-state index contributed by atoms with van der Waals surface area (Å²) in [5, 5.41) is 13.9. The number of aryl methyl sites for hydroxylation is 2. The summed E-state index contributed by atoms with van der Waals surface area (Å²) in [7, 11) is 0. The lowest BCUT2D eigenvalue weighted by molar-refractivity contribution is -0.115. The summed E-state index contributed by atoms with van der Waals surface area (Å²) in [5.74, 6) is 0.282. The van der Waals surface area contributed by atoms with Crippen molar-refractivity contribution in [2.75, 3.05) is 10.6 Å². The zero-order valence-corrected chi connectivity index (χ0v) is 14.6. The summed E-state index contributed by atoms with van der Waals surface area (Å²) < 4.78 is 13.2. The summed E-state index contributed by atoms with van der Waals surface area (Å²) >= 11 is 0. The number of hydrogen-bond donors (Lipinski definition) is 2. The van der Waals surface area contributed by atoms with Crippen molar-refractivity contribution in [3.8, 4) is 0 Å². The Labute approximate surface area is 151 Å². The van der Waals surface area contributed by atoms with Gasteiger partial charge in [0.25, 0.3) is 0 Å². The third-order valence-corrected chi connectivity index (χ3v) is 3.97. The van der Waals surface area contributed by atoms with Crippen molar-refractivity contribution in [3.05, 3.63) is 77.1 Å². The summed E-state index contributed by atoms with van der Waals surface area (Å²) in [4.78, 5) is 12.0. The van der Waals surface area contributed by atoms with Crippen LogP contribution in [-0.4, -0.2) is 16.1 Å². The van der Waals surface area contributed by atoms with E-state index in [0.29, 0.717) is 17.2 Å². The number of carbonyl (C=O) groups excluding carboxylic acids is 1. The van der Waals surface area contributed by atoms with Crippen molar-refractivity contribution in [1.82, 2.24) is 10.2 Å². The third kappa shape index (κ3) is 4.63. The Bertz CT molecular complexity index is 925. The second kappa shape index (κ2) is 7.74. The van der Waals surface area contributed by atoms with Crippen LogP contribution < -0.4 is 10.6 Å². The Morgan fingerprint density at radius 1 is 0.962 bits per heavy atom. The minimum absolute atomic E-state index is 0.0715. The highest BCUT2D eigenvalue weighted by Gasteiger charge is 2.07. The van der Waals surface area contributed by atoms with Gasteiger partial charge in [-0.2, -0.15) is 0 Å². The predicted molar refractivity (Wildman–Crippen MR) is 100.0 cm³/mol. The van der Waals surface area contributed by atoms with E-state index in [1.807, 2.05) is 25.1 Å². The molecule has 1 aromatic heterocycles. The number of amides is 1. The fourth-order valence-electron chi connectivity index (χ4n) is 2.45. The zero-order valence-electron chi connectivity index (χ0n) is 14.6. The molecule has 5 nitrogen and oxygen atoms in total. The van der Waals surface area contributed by atoms with Gasteiger partial charge in [0, 0.05) is 5.69 Å². The fraction of sp³-hybridized carbons (Fsp3) is 0.150. The summed E-state index contributed by atoms with van der Waals surface area (Å²) in [5.41, 5.74) is 3.93. The fourth-order valence-corrected chi connectivity index (χ4v) is 2.45. The molecule has 0 unspecified atom stereocenters. The van der Waals surface area contributed by atoms with E-state index in [1.54, 1.807) is 24.3 Å². The highest BCUT2D eigenvalue weighted by molar-refractivity contribution is 5.91. The Morgan fingerprint density at radius 2 is 1.73 bits per heavy atom. The molecule has 6 heteroatoms. The summed E-state index contributed by atoms with van der Waals surface area (Å²) in [6.07, 6.45) is 0.0715. The number of aromatic nitrogens is 2. The van der Waals surface area contributed by atoms with Gasteiger partial charge < -0.3 is 10.6 Å². The maximum absolute atomic E-state index is 13.2. The first kappa shape index (κ1) is 17.5. The number of benzene rings is 2. The van der Waals surface area contributed by atoms with Crippen molar-refractivity contribution in [2.45, 2.75) is 20.3 Å². The molecule has 1 amide bonds. The van der Waals surface area contributed by atoms with Gasteiger partial charge in [0.2, 0.25) is 5.91 Å².